The second kappa shape index (κ2) is 5.29. The molecule has 0 aromatic heterocycles. The quantitative estimate of drug-likeness (QED) is 0.845. The van der Waals surface area contributed by atoms with E-state index in [0.29, 0.717) is 6.79 Å². The second-order valence-corrected chi connectivity index (χ2v) is 4.50. The summed E-state index contributed by atoms with van der Waals surface area (Å²) < 4.78 is 16.1. The topological polar surface area (TPSA) is 27.7 Å². The first-order chi connectivity index (χ1) is 9.81. The first-order valence-electron chi connectivity index (χ1n) is 6.52. The molecule has 0 spiro atoms. The van der Waals surface area contributed by atoms with Crippen LogP contribution in [0.1, 0.15) is 18.1 Å². The largest absolute Gasteiger partial charge is 0.497 e. The lowest BCUT2D eigenvalue weighted by atomic mass is 9.97. The fraction of sp³-hybridized carbons (Fsp3) is 0.176. The van der Waals surface area contributed by atoms with Gasteiger partial charge >= 0.3 is 0 Å². The summed E-state index contributed by atoms with van der Waals surface area (Å²) in [4.78, 5) is 0. The van der Waals surface area contributed by atoms with E-state index in [9.17, 15) is 0 Å². The maximum atomic E-state index is 5.44. The summed E-state index contributed by atoms with van der Waals surface area (Å²) in [5.74, 6) is 2.45. The summed E-state index contributed by atoms with van der Waals surface area (Å²) in [7, 11) is 1.68. The molecule has 0 radical (unpaired) electrons. The minimum atomic E-state index is 0.295. The minimum Gasteiger partial charge on any atom is -0.497 e. The normalized spacial score (nSPS) is 13.4. The molecule has 1 heterocycles. The Hall–Kier alpha value is -2.42. The molecular formula is C17H16O3. The molecule has 0 N–H and O–H groups in total. The molecule has 0 aliphatic carbocycles. The molecule has 1 aliphatic heterocycles. The molecule has 0 saturated heterocycles. The lowest BCUT2D eigenvalue weighted by Crippen LogP contribution is -1.93. The van der Waals surface area contributed by atoms with Crippen molar-refractivity contribution < 1.29 is 14.2 Å². The average molecular weight is 268 g/mol. The molecule has 3 heteroatoms. The van der Waals surface area contributed by atoms with Crippen molar-refractivity contribution in [2.45, 2.75) is 6.92 Å². The number of hydrogen-bond donors (Lipinski definition) is 0. The molecule has 2 aromatic carbocycles. The van der Waals surface area contributed by atoms with Crippen LogP contribution in [0.4, 0.5) is 0 Å². The summed E-state index contributed by atoms with van der Waals surface area (Å²) in [6.07, 6.45) is 2.09. The maximum absolute atomic E-state index is 5.44. The van der Waals surface area contributed by atoms with Crippen molar-refractivity contribution in [2.24, 2.45) is 0 Å². The number of fused-ring (bicyclic) bond motifs is 1. The Kier molecular flexibility index (Phi) is 3.33. The van der Waals surface area contributed by atoms with Gasteiger partial charge in [0.05, 0.1) is 7.11 Å². The van der Waals surface area contributed by atoms with Gasteiger partial charge in [0.1, 0.15) is 5.75 Å². The van der Waals surface area contributed by atoms with E-state index in [-0.39, 0.29) is 0 Å². The summed E-state index contributed by atoms with van der Waals surface area (Å²) in [5, 5.41) is 0. The predicted octanol–water partition coefficient (Wildman–Crippen LogP) is 3.88. The highest BCUT2D eigenvalue weighted by molar-refractivity contribution is 5.81. The molecule has 2 aromatic rings. The molecule has 3 rings (SSSR count). The fourth-order valence-corrected chi connectivity index (χ4v) is 2.35. The lowest BCUT2D eigenvalue weighted by molar-refractivity contribution is 0.174. The molecule has 0 amide bonds. The van der Waals surface area contributed by atoms with E-state index in [1.165, 1.54) is 0 Å². The molecule has 3 nitrogen and oxygen atoms in total. The molecule has 0 bridgehead atoms. The zero-order chi connectivity index (χ0) is 13.9. The zero-order valence-corrected chi connectivity index (χ0v) is 11.6. The molecule has 0 fully saturated rings. The van der Waals surface area contributed by atoms with Gasteiger partial charge in [0.25, 0.3) is 0 Å². The van der Waals surface area contributed by atoms with Gasteiger partial charge in [-0.1, -0.05) is 24.3 Å². The minimum absolute atomic E-state index is 0.295. The van der Waals surface area contributed by atoms with Gasteiger partial charge in [-0.3, -0.25) is 0 Å². The highest BCUT2D eigenvalue weighted by Gasteiger charge is 2.15. The van der Waals surface area contributed by atoms with Crippen LogP contribution < -0.4 is 14.2 Å². The van der Waals surface area contributed by atoms with Crippen molar-refractivity contribution in [3.8, 4) is 17.2 Å². The Morgan fingerprint density at radius 2 is 1.85 bits per heavy atom. The van der Waals surface area contributed by atoms with Crippen LogP contribution in [-0.2, 0) is 0 Å². The van der Waals surface area contributed by atoms with Crippen LogP contribution in [-0.4, -0.2) is 13.9 Å². The highest BCUT2D eigenvalue weighted by atomic mass is 16.7. The van der Waals surface area contributed by atoms with Gasteiger partial charge in [-0.2, -0.15) is 0 Å². The number of methoxy groups -OCH3 is 1. The standard InChI is InChI=1S/C17H16O3/c1-3-15(12-5-4-6-14(9-12)18-2)13-7-8-16-17(10-13)20-11-19-16/h3-10H,11H2,1-2H3. The first-order valence-corrected chi connectivity index (χ1v) is 6.52. The highest BCUT2D eigenvalue weighted by Crippen LogP contribution is 2.36. The van der Waals surface area contributed by atoms with Crippen LogP contribution in [0.15, 0.2) is 48.5 Å². The zero-order valence-electron chi connectivity index (χ0n) is 11.6. The van der Waals surface area contributed by atoms with Crippen LogP contribution in [0.5, 0.6) is 17.2 Å². The monoisotopic (exact) mass is 268 g/mol. The first kappa shape index (κ1) is 12.6. The van der Waals surface area contributed by atoms with Gasteiger partial charge < -0.3 is 14.2 Å². The third-order valence-corrected chi connectivity index (χ3v) is 3.35. The van der Waals surface area contributed by atoms with Crippen LogP contribution in [0.25, 0.3) is 5.57 Å². The number of allylic oxidation sites excluding steroid dienone is 1. The molecular weight excluding hydrogens is 252 g/mol. The lowest BCUT2D eigenvalue weighted by Gasteiger charge is -2.10. The van der Waals surface area contributed by atoms with Gasteiger partial charge in [0.15, 0.2) is 11.5 Å². The molecule has 0 atom stereocenters. The van der Waals surface area contributed by atoms with Gasteiger partial charge in [0.2, 0.25) is 6.79 Å². The maximum Gasteiger partial charge on any atom is 0.231 e. The third-order valence-electron chi connectivity index (χ3n) is 3.35. The van der Waals surface area contributed by atoms with Crippen LogP contribution in [0.3, 0.4) is 0 Å². The van der Waals surface area contributed by atoms with Gasteiger partial charge in [-0.15, -0.1) is 0 Å². The van der Waals surface area contributed by atoms with Crippen LogP contribution in [0.2, 0.25) is 0 Å². The molecule has 1 aliphatic rings. The van der Waals surface area contributed by atoms with E-state index in [4.69, 9.17) is 14.2 Å². The number of ether oxygens (including phenoxy) is 3. The predicted molar refractivity (Wildman–Crippen MR) is 78.3 cm³/mol. The fourth-order valence-electron chi connectivity index (χ4n) is 2.35. The molecule has 0 unspecified atom stereocenters. The Bertz CT molecular complexity index is 659. The Labute approximate surface area is 118 Å². The van der Waals surface area contributed by atoms with Gasteiger partial charge in [-0.25, -0.2) is 0 Å². The molecule has 0 saturated carbocycles. The van der Waals surface area contributed by atoms with Crippen molar-refractivity contribution in [3.05, 3.63) is 59.7 Å². The molecule has 20 heavy (non-hydrogen) atoms. The Balaban J connectivity index is 2.01. The summed E-state index contributed by atoms with van der Waals surface area (Å²) >= 11 is 0. The number of rotatable bonds is 3. The third kappa shape index (κ3) is 2.23. The summed E-state index contributed by atoms with van der Waals surface area (Å²) in [5.41, 5.74) is 3.36. The van der Waals surface area contributed by atoms with E-state index in [1.807, 2.05) is 43.3 Å². The van der Waals surface area contributed by atoms with E-state index < -0.39 is 0 Å². The van der Waals surface area contributed by atoms with Gasteiger partial charge in [0, 0.05) is 0 Å². The van der Waals surface area contributed by atoms with Crippen molar-refractivity contribution >= 4 is 5.57 Å². The van der Waals surface area contributed by atoms with E-state index in [2.05, 4.69) is 12.1 Å². The van der Waals surface area contributed by atoms with Gasteiger partial charge in [-0.05, 0) is 47.9 Å². The van der Waals surface area contributed by atoms with E-state index >= 15 is 0 Å². The second-order valence-electron chi connectivity index (χ2n) is 4.50. The van der Waals surface area contributed by atoms with Crippen LogP contribution in [0, 0.1) is 0 Å². The van der Waals surface area contributed by atoms with Crippen molar-refractivity contribution in [3.63, 3.8) is 0 Å². The average Bonchev–Trinajstić information content (AvgIpc) is 2.96. The van der Waals surface area contributed by atoms with Crippen molar-refractivity contribution in [1.29, 1.82) is 0 Å². The smallest absolute Gasteiger partial charge is 0.231 e. The SMILES string of the molecule is CC=C(c1cccc(OC)c1)c1ccc2c(c1)OCO2. The molecule has 102 valence electrons. The summed E-state index contributed by atoms with van der Waals surface area (Å²) in [6.45, 7) is 2.32. The van der Waals surface area contributed by atoms with Crippen molar-refractivity contribution in [2.75, 3.05) is 13.9 Å². The Morgan fingerprint density at radius 3 is 2.65 bits per heavy atom. The Morgan fingerprint density at radius 1 is 1.05 bits per heavy atom. The number of hydrogen-bond acceptors (Lipinski definition) is 3. The summed E-state index contributed by atoms with van der Waals surface area (Å²) in [6, 6.07) is 14.0. The van der Waals surface area contributed by atoms with E-state index in [0.717, 1.165) is 33.9 Å². The number of benzene rings is 2. The van der Waals surface area contributed by atoms with Crippen LogP contribution >= 0.6 is 0 Å². The van der Waals surface area contributed by atoms with E-state index in [1.54, 1.807) is 7.11 Å². The van der Waals surface area contributed by atoms with Crippen molar-refractivity contribution in [1.82, 2.24) is 0 Å².